The molecule has 3 aromatic rings. The fourth-order valence-electron chi connectivity index (χ4n) is 5.91. The molecule has 172 valence electrons. The lowest BCUT2D eigenvalue weighted by atomic mass is 9.79. The summed E-state index contributed by atoms with van der Waals surface area (Å²) in [6.45, 7) is 0. The van der Waals surface area contributed by atoms with Gasteiger partial charge in [0.25, 0.3) is 0 Å². The maximum atomic E-state index is 14.5. The summed E-state index contributed by atoms with van der Waals surface area (Å²) in [6.07, 6.45) is 4.66. The molecule has 0 unspecified atom stereocenters. The SMILES string of the molecule is COC(=O)[C@@H]1Cc2c([nH]c3ccccc23)[C@H]2C[C@@H](NC3CC3)C[C@@H](c3ccc(Cl)c(F)c3)N21. The van der Waals surface area contributed by atoms with Gasteiger partial charge in [-0.25, -0.2) is 4.39 Å². The Bertz CT molecular complexity index is 1220. The van der Waals surface area contributed by atoms with Crippen LogP contribution in [0, 0.1) is 5.82 Å². The van der Waals surface area contributed by atoms with Gasteiger partial charge in [0.05, 0.1) is 18.2 Å². The average molecular weight is 468 g/mol. The van der Waals surface area contributed by atoms with Crippen molar-refractivity contribution in [1.82, 2.24) is 15.2 Å². The van der Waals surface area contributed by atoms with Crippen molar-refractivity contribution < 1.29 is 13.9 Å². The van der Waals surface area contributed by atoms with Gasteiger partial charge in [-0.05, 0) is 55.0 Å². The van der Waals surface area contributed by atoms with E-state index in [4.69, 9.17) is 16.3 Å². The molecule has 33 heavy (non-hydrogen) atoms. The molecule has 1 saturated carbocycles. The van der Waals surface area contributed by atoms with Crippen LogP contribution in [0.15, 0.2) is 42.5 Å². The Morgan fingerprint density at radius 1 is 1.15 bits per heavy atom. The summed E-state index contributed by atoms with van der Waals surface area (Å²) in [4.78, 5) is 19.0. The van der Waals surface area contributed by atoms with E-state index in [-0.39, 0.29) is 29.1 Å². The number of H-pyrrole nitrogens is 1. The van der Waals surface area contributed by atoms with Crippen LogP contribution in [0.3, 0.4) is 0 Å². The molecule has 0 bridgehead atoms. The van der Waals surface area contributed by atoms with E-state index < -0.39 is 11.9 Å². The Balaban J connectivity index is 1.49. The number of carbonyl (C=O) groups is 1. The number of benzene rings is 2. The van der Waals surface area contributed by atoms with Gasteiger partial charge in [0.15, 0.2) is 0 Å². The Hall–Kier alpha value is -2.41. The molecule has 1 aromatic heterocycles. The highest BCUT2D eigenvalue weighted by atomic mass is 35.5. The maximum Gasteiger partial charge on any atom is 0.323 e. The van der Waals surface area contributed by atoms with Crippen LogP contribution in [0.25, 0.3) is 10.9 Å². The first-order chi connectivity index (χ1) is 16.0. The van der Waals surface area contributed by atoms with Crippen LogP contribution in [0.4, 0.5) is 4.39 Å². The van der Waals surface area contributed by atoms with Gasteiger partial charge >= 0.3 is 5.97 Å². The molecular weight excluding hydrogens is 441 g/mol. The second-order valence-corrected chi connectivity index (χ2v) is 9.97. The van der Waals surface area contributed by atoms with Crippen molar-refractivity contribution in [2.75, 3.05) is 7.11 Å². The minimum atomic E-state index is -0.433. The minimum absolute atomic E-state index is 0.000936. The summed E-state index contributed by atoms with van der Waals surface area (Å²) in [5.74, 6) is -0.676. The van der Waals surface area contributed by atoms with Gasteiger partial charge in [0.1, 0.15) is 11.9 Å². The van der Waals surface area contributed by atoms with E-state index in [1.54, 1.807) is 6.07 Å². The summed E-state index contributed by atoms with van der Waals surface area (Å²) < 4.78 is 19.8. The number of para-hydroxylation sites is 1. The first-order valence-electron chi connectivity index (χ1n) is 11.7. The molecule has 2 aromatic carbocycles. The van der Waals surface area contributed by atoms with Crippen molar-refractivity contribution in [2.24, 2.45) is 0 Å². The van der Waals surface area contributed by atoms with Crippen LogP contribution in [-0.4, -0.2) is 41.1 Å². The molecule has 4 atom stereocenters. The van der Waals surface area contributed by atoms with E-state index in [1.165, 1.54) is 31.6 Å². The number of fused-ring (bicyclic) bond motifs is 5. The number of carbonyl (C=O) groups excluding carboxylic acids is 1. The van der Waals surface area contributed by atoms with Crippen LogP contribution in [0.1, 0.15) is 54.6 Å². The highest BCUT2D eigenvalue weighted by Crippen LogP contribution is 2.49. The smallest absolute Gasteiger partial charge is 0.323 e. The van der Waals surface area contributed by atoms with Crippen LogP contribution in [-0.2, 0) is 16.0 Å². The zero-order valence-corrected chi connectivity index (χ0v) is 19.2. The number of nitrogens with zero attached hydrogens (tertiary/aromatic N) is 1. The van der Waals surface area contributed by atoms with Gasteiger partial charge in [-0.3, -0.25) is 9.69 Å². The minimum Gasteiger partial charge on any atom is -0.468 e. The molecule has 2 fully saturated rings. The molecule has 2 aliphatic heterocycles. The fourth-order valence-corrected chi connectivity index (χ4v) is 6.03. The monoisotopic (exact) mass is 467 g/mol. The lowest BCUT2D eigenvalue weighted by Crippen LogP contribution is -2.55. The zero-order valence-electron chi connectivity index (χ0n) is 18.5. The number of ether oxygens (including phenoxy) is 1. The first kappa shape index (κ1) is 21.1. The normalized spacial score (nSPS) is 27.2. The average Bonchev–Trinajstić information content (AvgIpc) is 3.56. The number of nitrogens with one attached hydrogen (secondary N) is 2. The Morgan fingerprint density at radius 3 is 2.70 bits per heavy atom. The molecule has 0 spiro atoms. The molecule has 6 rings (SSSR count). The van der Waals surface area contributed by atoms with Crippen LogP contribution < -0.4 is 5.32 Å². The van der Waals surface area contributed by atoms with Crippen molar-refractivity contribution in [3.05, 3.63) is 70.1 Å². The fraction of sp³-hybridized carbons (Fsp3) is 0.423. The van der Waals surface area contributed by atoms with Gasteiger partial charge in [0, 0.05) is 41.1 Å². The maximum absolute atomic E-state index is 14.5. The predicted molar refractivity (Wildman–Crippen MR) is 126 cm³/mol. The summed E-state index contributed by atoms with van der Waals surface area (Å²) in [7, 11) is 1.44. The lowest BCUT2D eigenvalue weighted by molar-refractivity contribution is -0.152. The van der Waals surface area contributed by atoms with Crippen molar-refractivity contribution >= 4 is 28.5 Å². The molecule has 0 amide bonds. The Labute approximate surface area is 197 Å². The van der Waals surface area contributed by atoms with E-state index in [0.29, 0.717) is 12.5 Å². The van der Waals surface area contributed by atoms with Gasteiger partial charge in [-0.2, -0.15) is 0 Å². The Kier molecular flexibility index (Phi) is 5.20. The number of esters is 1. The van der Waals surface area contributed by atoms with E-state index >= 15 is 0 Å². The summed E-state index contributed by atoms with van der Waals surface area (Å²) >= 11 is 6.00. The number of halogens is 2. The molecule has 5 nitrogen and oxygen atoms in total. The van der Waals surface area contributed by atoms with E-state index in [1.807, 2.05) is 18.2 Å². The van der Waals surface area contributed by atoms with Crippen molar-refractivity contribution in [2.45, 2.75) is 62.3 Å². The number of hydrogen-bond acceptors (Lipinski definition) is 4. The molecule has 3 aliphatic rings. The predicted octanol–water partition coefficient (Wildman–Crippen LogP) is 5.06. The van der Waals surface area contributed by atoms with Gasteiger partial charge < -0.3 is 15.0 Å². The van der Waals surface area contributed by atoms with Gasteiger partial charge in [-0.1, -0.05) is 35.9 Å². The third-order valence-electron chi connectivity index (χ3n) is 7.52. The first-order valence-corrected chi connectivity index (χ1v) is 12.1. The molecule has 1 aliphatic carbocycles. The largest absolute Gasteiger partial charge is 0.468 e. The highest BCUT2D eigenvalue weighted by Gasteiger charge is 2.48. The van der Waals surface area contributed by atoms with Crippen molar-refractivity contribution in [3.8, 4) is 0 Å². The number of aromatic amines is 1. The summed E-state index contributed by atoms with van der Waals surface area (Å²) in [5, 5.41) is 5.07. The van der Waals surface area contributed by atoms with Crippen LogP contribution in [0.5, 0.6) is 0 Å². The van der Waals surface area contributed by atoms with Crippen LogP contribution >= 0.6 is 11.6 Å². The molecule has 1 saturated heterocycles. The third kappa shape index (κ3) is 3.65. The number of hydrogen-bond donors (Lipinski definition) is 2. The highest BCUT2D eigenvalue weighted by molar-refractivity contribution is 6.30. The molecule has 7 heteroatoms. The van der Waals surface area contributed by atoms with Gasteiger partial charge in [-0.15, -0.1) is 0 Å². The number of piperidine rings is 1. The van der Waals surface area contributed by atoms with Gasteiger partial charge in [0.2, 0.25) is 0 Å². The molecule has 3 heterocycles. The van der Waals surface area contributed by atoms with E-state index in [2.05, 4.69) is 27.3 Å². The number of methoxy groups -OCH3 is 1. The van der Waals surface area contributed by atoms with E-state index in [9.17, 15) is 9.18 Å². The second kappa shape index (κ2) is 8.12. The summed E-state index contributed by atoms with van der Waals surface area (Å²) in [5.41, 5.74) is 4.28. The van der Waals surface area contributed by atoms with Crippen LogP contribution in [0.2, 0.25) is 5.02 Å². The quantitative estimate of drug-likeness (QED) is 0.527. The standard InChI is InChI=1S/C26H27ClFN3O2/c1-33-26(32)24-13-18-17-4-2-3-5-21(17)30-25(18)23-12-16(29-15-7-8-15)11-22(31(23)24)14-6-9-19(27)20(28)10-14/h2-6,9-10,15-16,22-24,29-30H,7-8,11-13H2,1H3/t16-,22-,23+,24-/m0/s1. The number of rotatable bonds is 4. The Morgan fingerprint density at radius 2 is 1.94 bits per heavy atom. The van der Waals surface area contributed by atoms with Crippen molar-refractivity contribution in [1.29, 1.82) is 0 Å². The van der Waals surface area contributed by atoms with Crippen molar-refractivity contribution in [3.63, 3.8) is 0 Å². The second-order valence-electron chi connectivity index (χ2n) is 9.57. The third-order valence-corrected chi connectivity index (χ3v) is 7.83. The number of aromatic nitrogens is 1. The summed E-state index contributed by atoms with van der Waals surface area (Å²) in [6, 6.07) is 13.6. The zero-order chi connectivity index (χ0) is 22.7. The topological polar surface area (TPSA) is 57.4 Å². The molecule has 2 N–H and O–H groups in total. The molecular formula is C26H27ClFN3O2. The van der Waals surface area contributed by atoms with E-state index in [0.717, 1.165) is 35.0 Å². The molecule has 0 radical (unpaired) electrons. The lowest BCUT2D eigenvalue weighted by Gasteiger charge is -2.50.